The Kier molecular flexibility index (Phi) is 8.62. The largest absolute Gasteiger partial charge is 0.504 e. The zero-order valence-corrected chi connectivity index (χ0v) is 13.2. The van der Waals surface area contributed by atoms with Crippen LogP contribution < -0.4 is 10.5 Å². The van der Waals surface area contributed by atoms with E-state index in [4.69, 9.17) is 10.5 Å². The molecular formula is C15H26ClNO3. The first-order chi connectivity index (χ1) is 8.97. The van der Waals surface area contributed by atoms with E-state index in [1.165, 1.54) is 0 Å². The molecule has 4 nitrogen and oxygen atoms in total. The van der Waals surface area contributed by atoms with Gasteiger partial charge in [0.2, 0.25) is 0 Å². The Morgan fingerprint density at radius 3 is 2.45 bits per heavy atom. The average Bonchev–Trinajstić information content (AvgIpc) is 2.38. The van der Waals surface area contributed by atoms with Crippen LogP contribution >= 0.6 is 12.4 Å². The molecule has 2 atom stereocenters. The molecule has 116 valence electrons. The molecule has 1 aromatic carbocycles. The molecule has 0 fully saturated rings. The van der Waals surface area contributed by atoms with Crippen molar-refractivity contribution in [1.82, 2.24) is 0 Å². The normalized spacial score (nSPS) is 13.7. The molecule has 0 radical (unpaired) electrons. The number of para-hydroxylation sites is 1. The van der Waals surface area contributed by atoms with E-state index in [9.17, 15) is 10.2 Å². The lowest BCUT2D eigenvalue weighted by Gasteiger charge is -2.21. The van der Waals surface area contributed by atoms with E-state index in [1.807, 2.05) is 6.92 Å². The molecule has 0 aliphatic heterocycles. The van der Waals surface area contributed by atoms with E-state index < -0.39 is 12.1 Å². The second-order valence-corrected chi connectivity index (χ2v) is 5.19. The van der Waals surface area contributed by atoms with Crippen LogP contribution in [-0.2, 0) is 0 Å². The maximum atomic E-state index is 10.1. The highest BCUT2D eigenvalue weighted by atomic mass is 35.5. The van der Waals surface area contributed by atoms with Gasteiger partial charge >= 0.3 is 0 Å². The van der Waals surface area contributed by atoms with Crippen molar-refractivity contribution in [2.45, 2.75) is 45.8 Å². The highest BCUT2D eigenvalue weighted by molar-refractivity contribution is 5.85. The number of aliphatic hydroxyl groups excluding tert-OH is 1. The van der Waals surface area contributed by atoms with Crippen LogP contribution in [0.15, 0.2) is 18.2 Å². The Labute approximate surface area is 127 Å². The van der Waals surface area contributed by atoms with Crippen LogP contribution in [0, 0.1) is 5.92 Å². The number of nitrogens with two attached hydrogens (primary N) is 1. The molecule has 5 heteroatoms. The molecule has 0 amide bonds. The molecule has 0 heterocycles. The van der Waals surface area contributed by atoms with Gasteiger partial charge in [0.15, 0.2) is 11.5 Å². The quantitative estimate of drug-likeness (QED) is 0.724. The van der Waals surface area contributed by atoms with E-state index in [2.05, 4.69) is 13.8 Å². The third kappa shape index (κ3) is 5.19. The number of halogens is 1. The second-order valence-electron chi connectivity index (χ2n) is 5.19. The van der Waals surface area contributed by atoms with Gasteiger partial charge in [-0.25, -0.2) is 0 Å². The lowest BCUT2D eigenvalue weighted by Crippen LogP contribution is -2.26. The van der Waals surface area contributed by atoms with Gasteiger partial charge in [0.1, 0.15) is 0 Å². The second kappa shape index (κ2) is 9.06. The van der Waals surface area contributed by atoms with Crippen molar-refractivity contribution in [2.24, 2.45) is 11.7 Å². The molecule has 0 saturated heterocycles. The van der Waals surface area contributed by atoms with Crippen molar-refractivity contribution in [1.29, 1.82) is 0 Å². The molecule has 4 N–H and O–H groups in total. The fraction of sp³-hybridized carbons (Fsp3) is 0.600. The zero-order chi connectivity index (χ0) is 14.4. The van der Waals surface area contributed by atoms with Gasteiger partial charge in [-0.3, -0.25) is 0 Å². The first-order valence-corrected chi connectivity index (χ1v) is 6.85. The van der Waals surface area contributed by atoms with Crippen LogP contribution in [0.3, 0.4) is 0 Å². The Morgan fingerprint density at radius 2 is 1.90 bits per heavy atom. The molecule has 0 aromatic heterocycles. The minimum absolute atomic E-state index is 0. The van der Waals surface area contributed by atoms with Crippen LogP contribution in [0.25, 0.3) is 0 Å². The standard InChI is InChI=1S/C15H25NO3.ClH/c1-4-19-13-7-5-6-11(15(13)18)14(16)12(17)9-8-10(2)3;/h5-7,10,12,14,17-18H,4,8-9,16H2,1-3H3;1H/t12-,14+;/m0./s1. The highest BCUT2D eigenvalue weighted by Gasteiger charge is 2.21. The van der Waals surface area contributed by atoms with Crippen LogP contribution in [0.5, 0.6) is 11.5 Å². The topological polar surface area (TPSA) is 75.7 Å². The summed E-state index contributed by atoms with van der Waals surface area (Å²) in [7, 11) is 0. The van der Waals surface area contributed by atoms with Gasteiger partial charge < -0.3 is 20.7 Å². The van der Waals surface area contributed by atoms with E-state index in [1.54, 1.807) is 18.2 Å². The van der Waals surface area contributed by atoms with Gasteiger partial charge in [-0.15, -0.1) is 12.4 Å². The predicted octanol–water partition coefficient (Wildman–Crippen LogP) is 3.01. The number of benzene rings is 1. The summed E-state index contributed by atoms with van der Waals surface area (Å²) in [6.45, 7) is 6.53. The van der Waals surface area contributed by atoms with Gasteiger partial charge in [0.25, 0.3) is 0 Å². The molecule has 1 aromatic rings. The minimum Gasteiger partial charge on any atom is -0.504 e. The third-order valence-electron chi connectivity index (χ3n) is 3.14. The summed E-state index contributed by atoms with van der Waals surface area (Å²) in [5.74, 6) is 0.956. The Morgan fingerprint density at radius 1 is 1.25 bits per heavy atom. The summed E-state index contributed by atoms with van der Waals surface area (Å²) in [4.78, 5) is 0. The predicted molar refractivity (Wildman–Crippen MR) is 83.5 cm³/mol. The number of hydrogen-bond acceptors (Lipinski definition) is 4. The summed E-state index contributed by atoms with van der Waals surface area (Å²) < 4.78 is 5.32. The van der Waals surface area contributed by atoms with Crippen LogP contribution in [0.2, 0.25) is 0 Å². The molecule has 1 rings (SSSR count). The number of ether oxygens (including phenoxy) is 1. The maximum absolute atomic E-state index is 10.1. The van der Waals surface area contributed by atoms with Gasteiger partial charge in [0.05, 0.1) is 18.8 Å². The molecule has 0 aliphatic carbocycles. The van der Waals surface area contributed by atoms with Crippen molar-refractivity contribution < 1.29 is 14.9 Å². The fourth-order valence-electron chi connectivity index (χ4n) is 1.97. The maximum Gasteiger partial charge on any atom is 0.162 e. The van der Waals surface area contributed by atoms with Gasteiger partial charge in [-0.1, -0.05) is 26.0 Å². The van der Waals surface area contributed by atoms with Gasteiger partial charge in [0, 0.05) is 5.56 Å². The lowest BCUT2D eigenvalue weighted by atomic mass is 9.95. The van der Waals surface area contributed by atoms with Crippen molar-refractivity contribution in [3.05, 3.63) is 23.8 Å². The van der Waals surface area contributed by atoms with Crippen molar-refractivity contribution in [2.75, 3.05) is 6.61 Å². The van der Waals surface area contributed by atoms with Crippen molar-refractivity contribution in [3.8, 4) is 11.5 Å². The SMILES string of the molecule is CCOc1cccc([C@@H](N)[C@@H](O)CCC(C)C)c1O.Cl. The van der Waals surface area contributed by atoms with E-state index in [0.717, 1.165) is 6.42 Å². The average molecular weight is 304 g/mol. The molecular weight excluding hydrogens is 278 g/mol. The van der Waals surface area contributed by atoms with Crippen LogP contribution in [0.4, 0.5) is 0 Å². The van der Waals surface area contributed by atoms with Gasteiger partial charge in [-0.2, -0.15) is 0 Å². The molecule has 0 saturated carbocycles. The summed E-state index contributed by atoms with van der Waals surface area (Å²) in [5.41, 5.74) is 6.55. The zero-order valence-electron chi connectivity index (χ0n) is 12.4. The summed E-state index contributed by atoms with van der Waals surface area (Å²) >= 11 is 0. The number of phenols is 1. The third-order valence-corrected chi connectivity index (χ3v) is 3.14. The van der Waals surface area contributed by atoms with Crippen LogP contribution in [-0.4, -0.2) is 22.9 Å². The Hall–Kier alpha value is -0.970. The van der Waals surface area contributed by atoms with E-state index in [0.29, 0.717) is 30.3 Å². The summed E-state index contributed by atoms with van der Waals surface area (Å²) in [6.07, 6.45) is 0.864. The Bertz CT molecular complexity index is 399. The number of aliphatic hydroxyl groups is 1. The first-order valence-electron chi connectivity index (χ1n) is 6.85. The van der Waals surface area contributed by atoms with Crippen molar-refractivity contribution >= 4 is 12.4 Å². The summed E-state index contributed by atoms with van der Waals surface area (Å²) in [5, 5.41) is 20.2. The fourth-order valence-corrected chi connectivity index (χ4v) is 1.97. The molecule has 0 unspecified atom stereocenters. The van der Waals surface area contributed by atoms with Gasteiger partial charge in [-0.05, 0) is 31.7 Å². The van der Waals surface area contributed by atoms with E-state index >= 15 is 0 Å². The van der Waals surface area contributed by atoms with Crippen molar-refractivity contribution in [3.63, 3.8) is 0 Å². The highest BCUT2D eigenvalue weighted by Crippen LogP contribution is 2.34. The van der Waals surface area contributed by atoms with E-state index in [-0.39, 0.29) is 18.2 Å². The first kappa shape index (κ1) is 19.0. The number of rotatable bonds is 7. The minimum atomic E-state index is -0.662. The monoisotopic (exact) mass is 303 g/mol. The summed E-state index contributed by atoms with van der Waals surface area (Å²) in [6, 6.07) is 4.59. The molecule has 0 aliphatic rings. The number of phenolic OH excluding ortho intramolecular Hbond substituents is 1. The molecule has 20 heavy (non-hydrogen) atoms. The Balaban J connectivity index is 0.00000361. The number of aromatic hydroxyl groups is 1. The van der Waals surface area contributed by atoms with Crippen LogP contribution in [0.1, 0.15) is 45.2 Å². The molecule has 0 bridgehead atoms. The smallest absolute Gasteiger partial charge is 0.162 e. The number of hydrogen-bond donors (Lipinski definition) is 3. The lowest BCUT2D eigenvalue weighted by molar-refractivity contribution is 0.127. The molecule has 0 spiro atoms.